The van der Waals surface area contributed by atoms with Gasteiger partial charge in [-0.3, -0.25) is 0 Å². The molecule has 0 aliphatic heterocycles. The molecule has 0 aromatic rings. The summed E-state index contributed by atoms with van der Waals surface area (Å²) in [6, 6.07) is 0. The van der Waals surface area contributed by atoms with Crippen LogP contribution in [0.1, 0.15) is 20.8 Å². The van der Waals surface area contributed by atoms with E-state index in [1.165, 1.54) is 0 Å². The molecular weight excluding hydrogens is 169 g/mol. The molecule has 0 radical (unpaired) electrons. The third-order valence-corrected chi connectivity index (χ3v) is 0.612. The minimum atomic E-state index is -1.01. The molecule has 0 fully saturated rings. The van der Waals surface area contributed by atoms with Gasteiger partial charge in [0.2, 0.25) is 0 Å². The van der Waals surface area contributed by atoms with Crippen molar-refractivity contribution in [3.8, 4) is 0 Å². The van der Waals surface area contributed by atoms with E-state index in [1.54, 1.807) is 20.8 Å². The van der Waals surface area contributed by atoms with Gasteiger partial charge >= 0.3 is 19.5 Å². The second-order valence-electron chi connectivity index (χ2n) is 2.54. The van der Waals surface area contributed by atoms with Crippen LogP contribution in [0.3, 0.4) is 0 Å². The summed E-state index contributed by atoms with van der Waals surface area (Å²) in [5.41, 5.74) is -0.694. The van der Waals surface area contributed by atoms with Crippen LogP contribution in [-0.4, -0.2) is 5.97 Å². The van der Waals surface area contributed by atoms with Gasteiger partial charge in [-0.2, -0.15) is 0 Å². The summed E-state index contributed by atoms with van der Waals surface area (Å²) in [5.74, 6) is -1.01. The van der Waals surface area contributed by atoms with E-state index in [2.05, 4.69) is 0 Å². The van der Waals surface area contributed by atoms with Gasteiger partial charge in [-0.15, -0.1) is 0 Å². The Kier molecular flexibility index (Phi) is 8.78. The maximum absolute atomic E-state index is 9.91. The first-order chi connectivity index (χ1) is 2.94. The van der Waals surface area contributed by atoms with Crippen molar-refractivity contribution in [3.05, 3.63) is 7.43 Å². The van der Waals surface area contributed by atoms with Crippen LogP contribution < -0.4 is 5.11 Å². The molecule has 0 saturated carbocycles. The Morgan fingerprint density at radius 1 is 1.33 bits per heavy atom. The second-order valence-corrected chi connectivity index (χ2v) is 2.54. The van der Waals surface area contributed by atoms with E-state index in [4.69, 9.17) is 0 Å². The van der Waals surface area contributed by atoms with E-state index in [0.29, 0.717) is 0 Å². The zero-order chi connectivity index (χ0) is 6.08. The molecule has 0 aromatic carbocycles. The largest absolute Gasteiger partial charge is 2.00 e. The Hall–Kier alpha value is 0.0934. The predicted molar refractivity (Wildman–Crippen MR) is 30.9 cm³/mol. The van der Waals surface area contributed by atoms with E-state index in [1.807, 2.05) is 0 Å². The summed E-state index contributed by atoms with van der Waals surface area (Å²) < 4.78 is 0. The van der Waals surface area contributed by atoms with Crippen LogP contribution in [0, 0.1) is 12.8 Å². The Labute approximate surface area is 69.4 Å². The molecule has 0 amide bonds. The van der Waals surface area contributed by atoms with Crippen molar-refractivity contribution in [2.24, 2.45) is 5.41 Å². The average Bonchev–Trinajstić information content (AvgIpc) is 1.31. The van der Waals surface area contributed by atoms with E-state index >= 15 is 0 Å². The monoisotopic (exact) mass is 180 g/mol. The Balaban J connectivity index is -0.000000180. The van der Waals surface area contributed by atoms with Crippen molar-refractivity contribution in [1.82, 2.24) is 0 Å². The van der Waals surface area contributed by atoms with Crippen LogP contribution in [-0.2, 0) is 24.3 Å². The molecule has 3 heteroatoms. The van der Waals surface area contributed by atoms with Crippen molar-refractivity contribution in [3.63, 3.8) is 0 Å². The fourth-order valence-corrected chi connectivity index (χ4v) is 0. The van der Waals surface area contributed by atoms with Crippen molar-refractivity contribution < 1.29 is 29.4 Å². The molecule has 0 aliphatic rings. The van der Waals surface area contributed by atoms with Crippen molar-refractivity contribution in [1.29, 1.82) is 0 Å². The summed E-state index contributed by atoms with van der Waals surface area (Å²) in [4.78, 5) is 9.91. The number of aliphatic carboxylic acids is 1. The van der Waals surface area contributed by atoms with Crippen LogP contribution >= 0.6 is 0 Å². The quantitative estimate of drug-likeness (QED) is 0.397. The molecule has 50 valence electrons. The van der Waals surface area contributed by atoms with Crippen LogP contribution in [0.4, 0.5) is 0 Å². The summed E-state index contributed by atoms with van der Waals surface area (Å²) in [7, 11) is 0. The minimum absolute atomic E-state index is 0. The van der Waals surface area contributed by atoms with Gasteiger partial charge in [0.15, 0.2) is 0 Å². The van der Waals surface area contributed by atoms with Crippen LogP contribution in [0.25, 0.3) is 0 Å². The normalized spacial score (nSPS) is 8.78. The molecule has 0 heterocycles. The predicted octanol–water partition coefficient (Wildman–Crippen LogP) is 0.230. The number of carboxylic acids is 1. The molecule has 0 aromatic heterocycles. The Morgan fingerprint density at radius 3 is 1.44 bits per heavy atom. The molecule has 0 N–H and O–H groups in total. The van der Waals surface area contributed by atoms with Gasteiger partial charge in [-0.1, -0.05) is 20.8 Å². The SMILES string of the molecule is CC(C)(C)C(=O)[O-].[CH3-].[Zn+2]. The van der Waals surface area contributed by atoms with Gasteiger partial charge in [0.1, 0.15) is 0 Å². The number of carboxylic acid groups (broad SMARTS) is 1. The fraction of sp³-hybridized carbons (Fsp3) is 0.667. The van der Waals surface area contributed by atoms with E-state index in [0.717, 1.165) is 0 Å². The van der Waals surface area contributed by atoms with Gasteiger partial charge in [-0.05, 0) is 0 Å². The smallest absolute Gasteiger partial charge is 0.550 e. The first-order valence-corrected chi connectivity index (χ1v) is 2.16. The number of hydrogen-bond acceptors (Lipinski definition) is 2. The first-order valence-electron chi connectivity index (χ1n) is 2.16. The summed E-state index contributed by atoms with van der Waals surface area (Å²) in [6.07, 6.45) is 0. The van der Waals surface area contributed by atoms with E-state index < -0.39 is 11.4 Å². The molecule has 0 rings (SSSR count). The maximum atomic E-state index is 9.91. The molecule has 0 bridgehead atoms. The van der Waals surface area contributed by atoms with Crippen molar-refractivity contribution >= 4 is 5.97 Å². The Morgan fingerprint density at radius 2 is 1.44 bits per heavy atom. The topological polar surface area (TPSA) is 40.1 Å². The molecule has 9 heavy (non-hydrogen) atoms. The third-order valence-electron chi connectivity index (χ3n) is 0.612. The van der Waals surface area contributed by atoms with Crippen molar-refractivity contribution in [2.45, 2.75) is 20.8 Å². The van der Waals surface area contributed by atoms with Gasteiger partial charge < -0.3 is 17.3 Å². The van der Waals surface area contributed by atoms with Gasteiger partial charge in [0, 0.05) is 11.4 Å². The standard InChI is InChI=1S/C5H10O2.CH3.Zn/c1-5(2,3)4(6)7;;/h1-3H3,(H,6,7);1H3;/q;-1;+2/p-1. The minimum Gasteiger partial charge on any atom is -0.550 e. The van der Waals surface area contributed by atoms with E-state index in [-0.39, 0.29) is 26.9 Å². The van der Waals surface area contributed by atoms with Gasteiger partial charge in [0.05, 0.1) is 0 Å². The number of carbonyl (C=O) groups is 1. The molecular formula is C6H12O2Zn. The molecule has 0 atom stereocenters. The molecule has 0 unspecified atom stereocenters. The average molecular weight is 182 g/mol. The first kappa shape index (κ1) is 16.0. The summed E-state index contributed by atoms with van der Waals surface area (Å²) in [5, 5.41) is 9.91. The summed E-state index contributed by atoms with van der Waals surface area (Å²) in [6.45, 7) is 4.80. The molecule has 0 spiro atoms. The third kappa shape index (κ3) is 8.09. The van der Waals surface area contributed by atoms with Crippen LogP contribution in [0.5, 0.6) is 0 Å². The molecule has 0 saturated heterocycles. The fourth-order valence-electron chi connectivity index (χ4n) is 0. The Bertz CT molecular complexity index is 83.5. The number of rotatable bonds is 0. The van der Waals surface area contributed by atoms with Crippen LogP contribution in [0.2, 0.25) is 0 Å². The molecule has 0 aliphatic carbocycles. The van der Waals surface area contributed by atoms with Crippen molar-refractivity contribution in [2.75, 3.05) is 0 Å². The number of hydrogen-bond donors (Lipinski definition) is 0. The van der Waals surface area contributed by atoms with E-state index in [9.17, 15) is 9.90 Å². The molecule has 2 nitrogen and oxygen atoms in total. The van der Waals surface area contributed by atoms with Gasteiger partial charge in [0.25, 0.3) is 0 Å². The second kappa shape index (κ2) is 4.92. The number of carbonyl (C=O) groups excluding carboxylic acids is 1. The summed E-state index contributed by atoms with van der Waals surface area (Å²) >= 11 is 0. The maximum Gasteiger partial charge on any atom is 2.00 e. The van der Waals surface area contributed by atoms with Crippen LogP contribution in [0.15, 0.2) is 0 Å². The van der Waals surface area contributed by atoms with Gasteiger partial charge in [-0.25, -0.2) is 0 Å². The zero-order valence-corrected chi connectivity index (χ0v) is 9.49. The zero-order valence-electron chi connectivity index (χ0n) is 6.52.